The molecule has 3 N–H and O–H groups in total. The molecule has 2 unspecified atom stereocenters. The minimum atomic E-state index is -0.541. The minimum absolute atomic E-state index is 0.101. The van der Waals surface area contributed by atoms with Crippen molar-refractivity contribution in [3.63, 3.8) is 0 Å². The van der Waals surface area contributed by atoms with E-state index in [1.165, 1.54) is 6.33 Å². The molecule has 2 atom stereocenters. The maximum absolute atomic E-state index is 11.0. The van der Waals surface area contributed by atoms with Crippen molar-refractivity contribution in [1.29, 1.82) is 0 Å². The van der Waals surface area contributed by atoms with Crippen molar-refractivity contribution in [2.45, 2.75) is 30.6 Å². The van der Waals surface area contributed by atoms with Gasteiger partial charge in [0.25, 0.3) is 0 Å². The van der Waals surface area contributed by atoms with E-state index < -0.39 is 4.92 Å². The highest BCUT2D eigenvalue weighted by molar-refractivity contribution is 7.99. The lowest BCUT2D eigenvalue weighted by Crippen LogP contribution is -2.27. The summed E-state index contributed by atoms with van der Waals surface area (Å²) in [6.45, 7) is 0. The molecule has 0 bridgehead atoms. The predicted molar refractivity (Wildman–Crippen MR) is 71.7 cm³/mol. The molecular weight excluding hydrogens is 254 g/mol. The van der Waals surface area contributed by atoms with Crippen LogP contribution in [0.5, 0.6) is 0 Å². The van der Waals surface area contributed by atoms with Crippen molar-refractivity contribution in [3.8, 4) is 0 Å². The molecule has 8 heteroatoms. The van der Waals surface area contributed by atoms with E-state index in [1.807, 2.05) is 6.26 Å². The molecule has 1 aromatic rings. The van der Waals surface area contributed by atoms with E-state index in [4.69, 9.17) is 5.73 Å². The lowest BCUT2D eigenvalue weighted by atomic mass is 10.2. The quantitative estimate of drug-likeness (QED) is 0.632. The van der Waals surface area contributed by atoms with Crippen molar-refractivity contribution >= 4 is 29.1 Å². The summed E-state index contributed by atoms with van der Waals surface area (Å²) in [7, 11) is 0. The average molecular weight is 269 g/mol. The van der Waals surface area contributed by atoms with Gasteiger partial charge in [-0.3, -0.25) is 10.1 Å². The fourth-order valence-corrected chi connectivity index (χ4v) is 3.16. The molecule has 1 fully saturated rings. The van der Waals surface area contributed by atoms with Crippen LogP contribution in [0.25, 0.3) is 0 Å². The van der Waals surface area contributed by atoms with Crippen molar-refractivity contribution in [3.05, 3.63) is 16.4 Å². The Hall–Kier alpha value is -1.57. The molecule has 0 spiro atoms. The van der Waals surface area contributed by atoms with Crippen LogP contribution in [0.3, 0.4) is 0 Å². The van der Waals surface area contributed by atoms with Crippen LogP contribution in [0.2, 0.25) is 0 Å². The fourth-order valence-electron chi connectivity index (χ4n) is 2.23. The third-order valence-electron chi connectivity index (χ3n) is 3.11. The van der Waals surface area contributed by atoms with E-state index >= 15 is 0 Å². The monoisotopic (exact) mass is 269 g/mol. The third-order valence-corrected chi connectivity index (χ3v) is 4.28. The number of hydrogen-bond donors (Lipinski definition) is 2. The number of thioether (sulfide) groups is 1. The Morgan fingerprint density at radius 1 is 1.56 bits per heavy atom. The van der Waals surface area contributed by atoms with Gasteiger partial charge in [-0.25, -0.2) is 9.97 Å². The summed E-state index contributed by atoms with van der Waals surface area (Å²) in [6.07, 6.45) is 6.53. The summed E-state index contributed by atoms with van der Waals surface area (Å²) < 4.78 is 0. The van der Waals surface area contributed by atoms with E-state index in [2.05, 4.69) is 15.3 Å². The van der Waals surface area contributed by atoms with Gasteiger partial charge in [-0.1, -0.05) is 6.42 Å². The maximum Gasteiger partial charge on any atom is 0.352 e. The molecule has 0 radical (unpaired) electrons. The van der Waals surface area contributed by atoms with Gasteiger partial charge < -0.3 is 11.1 Å². The lowest BCUT2D eigenvalue weighted by molar-refractivity contribution is -0.383. The van der Waals surface area contributed by atoms with Crippen LogP contribution < -0.4 is 11.1 Å². The van der Waals surface area contributed by atoms with Gasteiger partial charge in [-0.05, 0) is 19.1 Å². The Labute approximate surface area is 109 Å². The molecule has 2 rings (SSSR count). The fraction of sp³-hybridized carbons (Fsp3) is 0.600. The summed E-state index contributed by atoms with van der Waals surface area (Å²) in [5.74, 6) is 0.120. The Balaban J connectivity index is 2.23. The predicted octanol–water partition coefficient (Wildman–Crippen LogP) is 1.66. The van der Waals surface area contributed by atoms with Gasteiger partial charge in [-0.15, -0.1) is 0 Å². The molecule has 0 saturated heterocycles. The molecule has 0 amide bonds. The van der Waals surface area contributed by atoms with E-state index in [1.54, 1.807) is 11.8 Å². The highest BCUT2D eigenvalue weighted by atomic mass is 32.2. The zero-order valence-corrected chi connectivity index (χ0v) is 10.8. The Morgan fingerprint density at radius 3 is 3.00 bits per heavy atom. The number of aromatic nitrogens is 2. The van der Waals surface area contributed by atoms with Crippen molar-refractivity contribution in [2.24, 2.45) is 0 Å². The van der Waals surface area contributed by atoms with Gasteiger partial charge in [0.2, 0.25) is 11.6 Å². The van der Waals surface area contributed by atoms with Crippen LogP contribution in [0.1, 0.15) is 19.3 Å². The standard InChI is InChI=1S/C10H15N5O2S/c1-18-7-4-2-3-6(7)14-10-8(15(16)17)9(11)12-5-13-10/h5-7H,2-4H2,1H3,(H3,11,12,13,14). The largest absolute Gasteiger partial charge is 0.378 e. The van der Waals surface area contributed by atoms with Gasteiger partial charge in [0.1, 0.15) is 6.33 Å². The van der Waals surface area contributed by atoms with Crippen LogP contribution in [-0.4, -0.2) is 32.4 Å². The van der Waals surface area contributed by atoms with Gasteiger partial charge >= 0.3 is 5.69 Å². The number of anilines is 2. The molecule has 1 saturated carbocycles. The number of nitrogens with one attached hydrogen (secondary N) is 1. The number of nitrogens with two attached hydrogens (primary N) is 1. The minimum Gasteiger partial charge on any atom is -0.378 e. The molecule has 1 aliphatic carbocycles. The molecule has 1 aliphatic rings. The van der Waals surface area contributed by atoms with E-state index in [0.29, 0.717) is 5.25 Å². The molecule has 18 heavy (non-hydrogen) atoms. The Morgan fingerprint density at radius 2 is 2.33 bits per heavy atom. The Kier molecular flexibility index (Phi) is 3.85. The number of nitro groups is 1. The number of hydrogen-bond acceptors (Lipinski definition) is 7. The summed E-state index contributed by atoms with van der Waals surface area (Å²) in [5, 5.41) is 14.6. The second kappa shape index (κ2) is 5.38. The first-order valence-corrected chi connectivity index (χ1v) is 6.96. The first-order chi connectivity index (χ1) is 8.63. The highest BCUT2D eigenvalue weighted by Gasteiger charge is 2.30. The molecule has 1 aromatic heterocycles. The highest BCUT2D eigenvalue weighted by Crippen LogP contribution is 2.33. The van der Waals surface area contributed by atoms with Crippen LogP contribution in [0.4, 0.5) is 17.3 Å². The van der Waals surface area contributed by atoms with Crippen LogP contribution in [0, 0.1) is 10.1 Å². The summed E-state index contributed by atoms with van der Waals surface area (Å²) >= 11 is 1.77. The first kappa shape index (κ1) is 12.9. The molecule has 0 aromatic carbocycles. The van der Waals surface area contributed by atoms with E-state index in [-0.39, 0.29) is 23.4 Å². The van der Waals surface area contributed by atoms with Gasteiger partial charge in [0.15, 0.2) is 0 Å². The Bertz CT molecular complexity index is 456. The number of rotatable bonds is 4. The first-order valence-electron chi connectivity index (χ1n) is 5.67. The molecule has 7 nitrogen and oxygen atoms in total. The average Bonchev–Trinajstić information content (AvgIpc) is 2.76. The van der Waals surface area contributed by atoms with Crippen molar-refractivity contribution in [1.82, 2.24) is 9.97 Å². The second-order valence-corrected chi connectivity index (χ2v) is 5.25. The van der Waals surface area contributed by atoms with Crippen molar-refractivity contribution < 1.29 is 4.92 Å². The lowest BCUT2D eigenvalue weighted by Gasteiger charge is -2.19. The zero-order chi connectivity index (χ0) is 13.1. The molecule has 1 heterocycles. The van der Waals surface area contributed by atoms with Crippen LogP contribution in [-0.2, 0) is 0 Å². The van der Waals surface area contributed by atoms with Crippen LogP contribution >= 0.6 is 11.8 Å². The SMILES string of the molecule is CSC1CCCC1Nc1ncnc(N)c1[N+](=O)[O-]. The summed E-state index contributed by atoms with van der Waals surface area (Å²) in [4.78, 5) is 18.0. The maximum atomic E-state index is 11.0. The normalized spacial score (nSPS) is 22.9. The smallest absolute Gasteiger partial charge is 0.352 e. The second-order valence-electron chi connectivity index (χ2n) is 4.17. The van der Waals surface area contributed by atoms with Crippen LogP contribution in [0.15, 0.2) is 6.33 Å². The van der Waals surface area contributed by atoms with E-state index in [9.17, 15) is 10.1 Å². The van der Waals surface area contributed by atoms with Gasteiger partial charge in [-0.2, -0.15) is 11.8 Å². The summed E-state index contributed by atoms with van der Waals surface area (Å²) in [6, 6.07) is 0.202. The number of nitrogen functional groups attached to an aromatic ring is 1. The molecular formula is C10H15N5O2S. The third kappa shape index (κ3) is 2.47. The zero-order valence-electron chi connectivity index (χ0n) is 10.00. The van der Waals surface area contributed by atoms with Gasteiger partial charge in [0.05, 0.1) is 4.92 Å². The molecule has 98 valence electrons. The number of nitrogens with zero attached hydrogens (tertiary/aromatic N) is 3. The van der Waals surface area contributed by atoms with E-state index in [0.717, 1.165) is 19.3 Å². The van der Waals surface area contributed by atoms with Gasteiger partial charge in [0, 0.05) is 11.3 Å². The van der Waals surface area contributed by atoms with Crippen molar-refractivity contribution in [2.75, 3.05) is 17.3 Å². The molecule has 0 aliphatic heterocycles. The summed E-state index contributed by atoms with van der Waals surface area (Å²) in [5.41, 5.74) is 5.29. The topological polar surface area (TPSA) is 107 Å².